The molecule has 1 aliphatic rings. The summed E-state index contributed by atoms with van der Waals surface area (Å²) in [7, 11) is 0. The van der Waals surface area contributed by atoms with Gasteiger partial charge in [0.25, 0.3) is 0 Å². The molecule has 0 saturated heterocycles. The maximum Gasteiger partial charge on any atom is 0.338 e. The van der Waals surface area contributed by atoms with Crippen LogP contribution in [0.5, 0.6) is 0 Å². The van der Waals surface area contributed by atoms with Gasteiger partial charge in [-0.2, -0.15) is 0 Å². The fraction of sp³-hybridized carbons (Fsp3) is 0.321. The molecule has 0 bridgehead atoms. The number of ether oxygens (including phenoxy) is 1. The molecule has 7 nitrogen and oxygen atoms in total. The summed E-state index contributed by atoms with van der Waals surface area (Å²) < 4.78 is 5.01. The van der Waals surface area contributed by atoms with E-state index in [1.54, 1.807) is 47.4 Å². The molecule has 0 aliphatic heterocycles. The van der Waals surface area contributed by atoms with Gasteiger partial charge in [0.05, 0.1) is 18.7 Å². The van der Waals surface area contributed by atoms with Gasteiger partial charge in [-0.05, 0) is 67.0 Å². The summed E-state index contributed by atoms with van der Waals surface area (Å²) in [5, 5.41) is 4.88. The molecule has 8 heteroatoms. The van der Waals surface area contributed by atoms with Gasteiger partial charge in [0.2, 0.25) is 5.91 Å². The Kier molecular flexibility index (Phi) is 8.73. The Hall–Kier alpha value is -3.65. The van der Waals surface area contributed by atoms with E-state index in [4.69, 9.17) is 4.74 Å². The molecule has 1 aromatic heterocycles. The summed E-state index contributed by atoms with van der Waals surface area (Å²) in [5.74, 6) is -0.0732. The number of amides is 3. The van der Waals surface area contributed by atoms with Gasteiger partial charge in [0.15, 0.2) is 0 Å². The van der Waals surface area contributed by atoms with E-state index in [1.807, 2.05) is 52.7 Å². The van der Waals surface area contributed by atoms with Gasteiger partial charge in [0.1, 0.15) is 6.54 Å². The van der Waals surface area contributed by atoms with Crippen LogP contribution in [0, 0.1) is 5.92 Å². The van der Waals surface area contributed by atoms with E-state index in [-0.39, 0.29) is 18.5 Å². The first-order valence-corrected chi connectivity index (χ1v) is 13.1. The molecule has 188 valence electrons. The number of urea groups is 1. The van der Waals surface area contributed by atoms with Crippen LogP contribution in [0.25, 0.3) is 0 Å². The maximum absolute atomic E-state index is 13.5. The fourth-order valence-electron chi connectivity index (χ4n) is 3.83. The zero-order valence-corrected chi connectivity index (χ0v) is 21.2. The molecule has 36 heavy (non-hydrogen) atoms. The van der Waals surface area contributed by atoms with Crippen molar-refractivity contribution in [1.29, 1.82) is 0 Å². The fourth-order valence-corrected chi connectivity index (χ4v) is 4.55. The molecule has 3 amide bonds. The highest BCUT2D eigenvalue weighted by atomic mass is 32.1. The normalized spacial score (nSPS) is 12.6. The Balaban J connectivity index is 1.44. The number of hydrogen-bond acceptors (Lipinski definition) is 5. The minimum atomic E-state index is -0.402. The Morgan fingerprint density at radius 3 is 2.33 bits per heavy atom. The molecular formula is C28H31N3O4S. The van der Waals surface area contributed by atoms with Crippen molar-refractivity contribution in [3.8, 4) is 0 Å². The second-order valence-corrected chi connectivity index (χ2v) is 9.90. The lowest BCUT2D eigenvalue weighted by molar-refractivity contribution is -0.133. The molecule has 0 atom stereocenters. The quantitative estimate of drug-likeness (QED) is 0.354. The molecule has 1 heterocycles. The molecule has 1 N–H and O–H groups in total. The van der Waals surface area contributed by atoms with Crippen LogP contribution in [0.3, 0.4) is 0 Å². The zero-order valence-electron chi connectivity index (χ0n) is 20.4. The standard InChI is InChI=1S/C28H31N3O4S/c1-2-35-27(33)23-12-14-24(15-13-23)29-28(34)31(18-22-10-11-22)20-26(32)30(19-25-9-6-16-36-25)17-21-7-4-3-5-8-21/h3-9,12-16,22H,2,10-11,17-20H2,1H3,(H,29,34). The molecule has 0 radical (unpaired) electrons. The highest BCUT2D eigenvalue weighted by molar-refractivity contribution is 7.09. The van der Waals surface area contributed by atoms with Crippen molar-refractivity contribution in [1.82, 2.24) is 9.80 Å². The number of carbonyl (C=O) groups excluding carboxylic acids is 3. The summed E-state index contributed by atoms with van der Waals surface area (Å²) in [6.07, 6.45) is 2.13. The van der Waals surface area contributed by atoms with Gasteiger partial charge in [-0.15, -0.1) is 11.3 Å². The molecule has 1 saturated carbocycles. The summed E-state index contributed by atoms with van der Waals surface area (Å²) in [6.45, 7) is 3.57. The first-order chi connectivity index (χ1) is 17.5. The van der Waals surface area contributed by atoms with Gasteiger partial charge in [-0.25, -0.2) is 9.59 Å². The second kappa shape index (κ2) is 12.4. The van der Waals surface area contributed by atoms with Crippen LogP contribution in [0.15, 0.2) is 72.1 Å². The predicted molar refractivity (Wildman–Crippen MR) is 141 cm³/mol. The van der Waals surface area contributed by atoms with Crippen LogP contribution in [0.2, 0.25) is 0 Å². The summed E-state index contributed by atoms with van der Waals surface area (Å²) in [5.41, 5.74) is 2.02. The Morgan fingerprint density at radius 1 is 0.944 bits per heavy atom. The third-order valence-electron chi connectivity index (χ3n) is 5.93. The minimum Gasteiger partial charge on any atom is -0.462 e. The first kappa shape index (κ1) is 25.4. The van der Waals surface area contributed by atoms with Gasteiger partial charge in [-0.3, -0.25) is 4.79 Å². The van der Waals surface area contributed by atoms with Crippen LogP contribution >= 0.6 is 11.3 Å². The van der Waals surface area contributed by atoms with Crippen molar-refractivity contribution < 1.29 is 19.1 Å². The lowest BCUT2D eigenvalue weighted by Gasteiger charge is -2.28. The number of thiophene rings is 1. The van der Waals surface area contributed by atoms with E-state index < -0.39 is 5.97 Å². The number of hydrogen-bond donors (Lipinski definition) is 1. The summed E-state index contributed by atoms with van der Waals surface area (Å²) >= 11 is 1.61. The zero-order chi connectivity index (χ0) is 25.3. The first-order valence-electron chi connectivity index (χ1n) is 12.2. The summed E-state index contributed by atoms with van der Waals surface area (Å²) in [6, 6.07) is 20.1. The molecule has 0 spiro atoms. The molecular weight excluding hydrogens is 474 g/mol. The molecule has 3 aromatic rings. The van der Waals surface area contributed by atoms with Crippen LogP contribution in [0.4, 0.5) is 10.5 Å². The van der Waals surface area contributed by atoms with Crippen molar-refractivity contribution in [2.24, 2.45) is 5.92 Å². The van der Waals surface area contributed by atoms with Crippen LogP contribution in [-0.4, -0.2) is 47.4 Å². The molecule has 1 aliphatic carbocycles. The minimum absolute atomic E-state index is 0.00144. The van der Waals surface area contributed by atoms with Crippen molar-refractivity contribution in [2.75, 3.05) is 25.0 Å². The largest absolute Gasteiger partial charge is 0.462 e. The van der Waals surface area contributed by atoms with E-state index in [2.05, 4.69) is 5.32 Å². The monoisotopic (exact) mass is 505 g/mol. The highest BCUT2D eigenvalue weighted by Crippen LogP contribution is 2.30. The molecule has 1 fully saturated rings. The van der Waals surface area contributed by atoms with Crippen molar-refractivity contribution in [2.45, 2.75) is 32.9 Å². The Bertz CT molecular complexity index is 1150. The number of nitrogens with one attached hydrogen (secondary N) is 1. The highest BCUT2D eigenvalue weighted by Gasteiger charge is 2.29. The van der Waals surface area contributed by atoms with E-state index in [0.29, 0.717) is 43.4 Å². The third-order valence-corrected chi connectivity index (χ3v) is 6.79. The maximum atomic E-state index is 13.5. The smallest absolute Gasteiger partial charge is 0.338 e. The molecule has 0 unspecified atom stereocenters. The van der Waals surface area contributed by atoms with Crippen LogP contribution in [0.1, 0.15) is 40.6 Å². The average Bonchev–Trinajstić information content (AvgIpc) is 3.56. The number of esters is 1. The topological polar surface area (TPSA) is 79.0 Å². The van der Waals surface area contributed by atoms with Gasteiger partial charge in [0, 0.05) is 23.7 Å². The predicted octanol–water partition coefficient (Wildman–Crippen LogP) is 5.40. The van der Waals surface area contributed by atoms with Crippen LogP contribution < -0.4 is 5.32 Å². The lowest BCUT2D eigenvalue weighted by atomic mass is 10.2. The lowest BCUT2D eigenvalue weighted by Crippen LogP contribution is -2.45. The van der Waals surface area contributed by atoms with Crippen LogP contribution in [-0.2, 0) is 22.6 Å². The van der Waals surface area contributed by atoms with E-state index in [0.717, 1.165) is 23.3 Å². The van der Waals surface area contributed by atoms with Gasteiger partial charge in [-0.1, -0.05) is 36.4 Å². The Labute approximate surface area is 215 Å². The average molecular weight is 506 g/mol. The summed E-state index contributed by atoms with van der Waals surface area (Å²) in [4.78, 5) is 43.1. The number of carbonyl (C=O) groups is 3. The number of anilines is 1. The van der Waals surface area contributed by atoms with E-state index in [9.17, 15) is 14.4 Å². The van der Waals surface area contributed by atoms with Gasteiger partial charge < -0.3 is 19.9 Å². The van der Waals surface area contributed by atoms with Crippen molar-refractivity contribution in [3.63, 3.8) is 0 Å². The van der Waals surface area contributed by atoms with Gasteiger partial charge >= 0.3 is 12.0 Å². The molecule has 2 aromatic carbocycles. The number of benzene rings is 2. The SMILES string of the molecule is CCOC(=O)c1ccc(NC(=O)N(CC(=O)N(Cc2ccccc2)Cc2cccs2)CC2CC2)cc1. The molecule has 4 rings (SSSR count). The second-order valence-electron chi connectivity index (χ2n) is 8.87. The Morgan fingerprint density at radius 2 is 1.69 bits per heavy atom. The van der Waals surface area contributed by atoms with Crippen molar-refractivity contribution >= 4 is 34.9 Å². The number of rotatable bonds is 11. The van der Waals surface area contributed by atoms with E-state index in [1.165, 1.54) is 0 Å². The number of nitrogens with zero attached hydrogens (tertiary/aromatic N) is 2. The van der Waals surface area contributed by atoms with Crippen molar-refractivity contribution in [3.05, 3.63) is 88.1 Å². The van der Waals surface area contributed by atoms with E-state index >= 15 is 0 Å². The third kappa shape index (κ3) is 7.42.